The van der Waals surface area contributed by atoms with Crippen LogP contribution in [0.25, 0.3) is 11.1 Å². The SMILES string of the molecule is CCC(CCO)NC(=O)C(=O)Nc1ccccc1-c1ccccc1. The van der Waals surface area contributed by atoms with Gasteiger partial charge in [-0.1, -0.05) is 55.5 Å². The maximum Gasteiger partial charge on any atom is 0.313 e. The fraction of sp³-hybridized carbons (Fsp3) is 0.263. The molecule has 5 heteroatoms. The highest BCUT2D eigenvalue weighted by Gasteiger charge is 2.18. The Morgan fingerprint density at radius 2 is 1.67 bits per heavy atom. The molecule has 0 spiro atoms. The van der Waals surface area contributed by atoms with Crippen LogP contribution in [0.5, 0.6) is 0 Å². The zero-order chi connectivity index (χ0) is 17.4. The van der Waals surface area contributed by atoms with Gasteiger partial charge >= 0.3 is 11.8 Å². The van der Waals surface area contributed by atoms with Gasteiger partial charge in [-0.25, -0.2) is 0 Å². The van der Waals surface area contributed by atoms with Crippen LogP contribution in [0.1, 0.15) is 19.8 Å². The van der Waals surface area contributed by atoms with Crippen LogP contribution in [-0.2, 0) is 9.59 Å². The lowest BCUT2D eigenvalue weighted by atomic mass is 10.0. The van der Waals surface area contributed by atoms with E-state index in [0.29, 0.717) is 18.5 Å². The molecule has 0 heterocycles. The molecule has 0 radical (unpaired) electrons. The monoisotopic (exact) mass is 326 g/mol. The second kappa shape index (κ2) is 8.84. The van der Waals surface area contributed by atoms with Crippen molar-refractivity contribution in [1.82, 2.24) is 5.32 Å². The third-order valence-electron chi connectivity index (χ3n) is 3.77. The summed E-state index contributed by atoms with van der Waals surface area (Å²) in [6.07, 6.45) is 1.08. The van der Waals surface area contributed by atoms with E-state index in [-0.39, 0.29) is 12.6 Å². The van der Waals surface area contributed by atoms with Crippen LogP contribution in [0.2, 0.25) is 0 Å². The Labute approximate surface area is 141 Å². The molecule has 0 aliphatic heterocycles. The molecule has 0 saturated heterocycles. The second-order valence-corrected chi connectivity index (χ2v) is 5.46. The van der Waals surface area contributed by atoms with Crippen LogP contribution in [0.15, 0.2) is 54.6 Å². The topological polar surface area (TPSA) is 78.4 Å². The molecular weight excluding hydrogens is 304 g/mol. The van der Waals surface area contributed by atoms with Crippen molar-refractivity contribution in [3.63, 3.8) is 0 Å². The first-order valence-electron chi connectivity index (χ1n) is 8.02. The second-order valence-electron chi connectivity index (χ2n) is 5.46. The molecule has 1 atom stereocenters. The minimum atomic E-state index is -0.713. The van der Waals surface area contributed by atoms with E-state index in [1.54, 1.807) is 12.1 Å². The van der Waals surface area contributed by atoms with Gasteiger partial charge in [-0.3, -0.25) is 9.59 Å². The Balaban J connectivity index is 2.11. The Kier molecular flexibility index (Phi) is 6.51. The summed E-state index contributed by atoms with van der Waals surface area (Å²) in [6.45, 7) is 1.86. The number of nitrogens with one attached hydrogen (secondary N) is 2. The number of aliphatic hydroxyl groups is 1. The number of benzene rings is 2. The van der Waals surface area contributed by atoms with Crippen molar-refractivity contribution in [1.29, 1.82) is 0 Å². The molecule has 2 rings (SSSR count). The molecule has 24 heavy (non-hydrogen) atoms. The summed E-state index contributed by atoms with van der Waals surface area (Å²) in [6, 6.07) is 16.8. The van der Waals surface area contributed by atoms with Crippen molar-refractivity contribution in [2.75, 3.05) is 11.9 Å². The number of hydrogen-bond donors (Lipinski definition) is 3. The summed E-state index contributed by atoms with van der Waals surface area (Å²) in [5.41, 5.74) is 2.39. The molecule has 2 amide bonds. The predicted octanol–water partition coefficient (Wildman–Crippen LogP) is 2.57. The average Bonchev–Trinajstić information content (AvgIpc) is 2.62. The van der Waals surface area contributed by atoms with Crippen molar-refractivity contribution in [2.45, 2.75) is 25.8 Å². The quantitative estimate of drug-likeness (QED) is 0.714. The maximum absolute atomic E-state index is 12.2. The van der Waals surface area contributed by atoms with Gasteiger partial charge in [0.15, 0.2) is 0 Å². The van der Waals surface area contributed by atoms with E-state index in [1.165, 1.54) is 0 Å². The van der Waals surface area contributed by atoms with Crippen molar-refractivity contribution < 1.29 is 14.7 Å². The number of carbonyl (C=O) groups excluding carboxylic acids is 2. The van der Waals surface area contributed by atoms with E-state index in [4.69, 9.17) is 5.11 Å². The summed E-state index contributed by atoms with van der Waals surface area (Å²) in [4.78, 5) is 24.2. The van der Waals surface area contributed by atoms with Crippen LogP contribution in [0, 0.1) is 0 Å². The molecule has 0 bridgehead atoms. The van der Waals surface area contributed by atoms with E-state index in [9.17, 15) is 9.59 Å². The van der Waals surface area contributed by atoms with Crippen LogP contribution < -0.4 is 10.6 Å². The number of aliphatic hydroxyl groups excluding tert-OH is 1. The average molecular weight is 326 g/mol. The lowest BCUT2D eigenvalue weighted by Gasteiger charge is -2.16. The molecule has 2 aromatic carbocycles. The standard InChI is InChI=1S/C19H22N2O3/c1-2-15(12-13-22)20-18(23)19(24)21-17-11-7-6-10-16(17)14-8-4-3-5-9-14/h3-11,15,22H,2,12-13H2,1H3,(H,20,23)(H,21,24). The first kappa shape index (κ1) is 17.7. The third-order valence-corrected chi connectivity index (χ3v) is 3.77. The Morgan fingerprint density at radius 1 is 1.00 bits per heavy atom. The number of amides is 2. The summed E-state index contributed by atoms with van der Waals surface area (Å²) < 4.78 is 0. The van der Waals surface area contributed by atoms with Crippen LogP contribution in [0.4, 0.5) is 5.69 Å². The van der Waals surface area contributed by atoms with Gasteiger partial charge < -0.3 is 15.7 Å². The predicted molar refractivity (Wildman–Crippen MR) is 94.4 cm³/mol. The number of rotatable bonds is 6. The van der Waals surface area contributed by atoms with E-state index >= 15 is 0 Å². The van der Waals surface area contributed by atoms with E-state index in [1.807, 2.05) is 49.4 Å². The highest BCUT2D eigenvalue weighted by atomic mass is 16.3. The highest BCUT2D eigenvalue weighted by Crippen LogP contribution is 2.27. The smallest absolute Gasteiger partial charge is 0.313 e. The first-order valence-corrected chi connectivity index (χ1v) is 8.02. The lowest BCUT2D eigenvalue weighted by Crippen LogP contribution is -2.42. The van der Waals surface area contributed by atoms with Gasteiger partial charge in [0.2, 0.25) is 0 Å². The summed E-state index contributed by atoms with van der Waals surface area (Å²) in [5, 5.41) is 14.3. The summed E-state index contributed by atoms with van der Waals surface area (Å²) in [7, 11) is 0. The summed E-state index contributed by atoms with van der Waals surface area (Å²) >= 11 is 0. The minimum absolute atomic E-state index is 0.0305. The van der Waals surface area contributed by atoms with Crippen molar-refractivity contribution in [3.05, 3.63) is 54.6 Å². The van der Waals surface area contributed by atoms with Crippen molar-refractivity contribution in [2.24, 2.45) is 0 Å². The number of carbonyl (C=O) groups is 2. The van der Waals surface area contributed by atoms with E-state index in [2.05, 4.69) is 10.6 Å². The van der Waals surface area contributed by atoms with Gasteiger partial charge in [-0.05, 0) is 24.5 Å². The fourth-order valence-corrected chi connectivity index (χ4v) is 2.43. The molecule has 126 valence electrons. The molecule has 0 fully saturated rings. The number of anilines is 1. The van der Waals surface area contributed by atoms with Crippen LogP contribution in [-0.4, -0.2) is 29.6 Å². The Bertz CT molecular complexity index is 686. The largest absolute Gasteiger partial charge is 0.396 e. The normalized spacial score (nSPS) is 11.6. The molecule has 2 aromatic rings. The molecule has 0 aromatic heterocycles. The Hall–Kier alpha value is -2.66. The van der Waals surface area contributed by atoms with Crippen molar-refractivity contribution >= 4 is 17.5 Å². The fourth-order valence-electron chi connectivity index (χ4n) is 2.43. The first-order chi connectivity index (χ1) is 11.7. The molecule has 0 saturated carbocycles. The maximum atomic E-state index is 12.2. The third kappa shape index (κ3) is 4.67. The molecule has 5 nitrogen and oxygen atoms in total. The molecule has 0 aliphatic carbocycles. The zero-order valence-electron chi connectivity index (χ0n) is 13.7. The minimum Gasteiger partial charge on any atom is -0.396 e. The molecule has 1 unspecified atom stereocenters. The van der Waals surface area contributed by atoms with E-state index < -0.39 is 11.8 Å². The number of para-hydroxylation sites is 1. The van der Waals surface area contributed by atoms with Crippen molar-refractivity contribution in [3.8, 4) is 11.1 Å². The molecular formula is C19H22N2O3. The molecule has 3 N–H and O–H groups in total. The van der Waals surface area contributed by atoms with Gasteiger partial charge in [-0.15, -0.1) is 0 Å². The van der Waals surface area contributed by atoms with Gasteiger partial charge in [0.1, 0.15) is 0 Å². The zero-order valence-corrected chi connectivity index (χ0v) is 13.7. The van der Waals surface area contributed by atoms with E-state index in [0.717, 1.165) is 11.1 Å². The van der Waals surface area contributed by atoms with Gasteiger partial charge in [0.25, 0.3) is 0 Å². The lowest BCUT2D eigenvalue weighted by molar-refractivity contribution is -0.136. The van der Waals surface area contributed by atoms with Crippen LogP contribution in [0.3, 0.4) is 0 Å². The highest BCUT2D eigenvalue weighted by molar-refractivity contribution is 6.40. The van der Waals surface area contributed by atoms with Crippen LogP contribution >= 0.6 is 0 Å². The van der Waals surface area contributed by atoms with Gasteiger partial charge in [0, 0.05) is 23.9 Å². The number of hydrogen-bond acceptors (Lipinski definition) is 3. The van der Waals surface area contributed by atoms with Gasteiger partial charge in [0.05, 0.1) is 0 Å². The Morgan fingerprint density at radius 3 is 2.33 bits per heavy atom. The summed E-state index contributed by atoms with van der Waals surface area (Å²) in [5.74, 6) is -1.41. The molecule has 0 aliphatic rings. The van der Waals surface area contributed by atoms with Gasteiger partial charge in [-0.2, -0.15) is 0 Å².